The number of hydrogen-bond acceptors (Lipinski definition) is 26. The third-order valence-electron chi connectivity index (χ3n) is 12.9. The molecule has 24 nitrogen and oxygen atoms in total. The predicted molar refractivity (Wildman–Crippen MR) is 348 cm³/mol. The van der Waals surface area contributed by atoms with E-state index in [-0.39, 0.29) is 106 Å². The van der Waals surface area contributed by atoms with Gasteiger partial charge in [-0.25, -0.2) is 9.13 Å². The van der Waals surface area contributed by atoms with Crippen LogP contribution < -0.4 is 4.89 Å². The van der Waals surface area contributed by atoms with Crippen molar-refractivity contribution in [2.24, 2.45) is 0 Å². The molecular weight excluding hydrogens is 1250 g/mol. The molecule has 6 heterocycles. The molecule has 0 spiro atoms. The summed E-state index contributed by atoms with van der Waals surface area (Å²) in [6.45, 7) is 21.0. The van der Waals surface area contributed by atoms with Crippen LogP contribution in [0.2, 0.25) is 0 Å². The van der Waals surface area contributed by atoms with Crippen LogP contribution in [0, 0.1) is 0 Å². The Morgan fingerprint density at radius 2 is 0.764 bits per heavy atom. The summed E-state index contributed by atoms with van der Waals surface area (Å²) in [5.74, 6) is 0. The number of aliphatic hydroxyl groups is 2. The molecule has 0 saturated carbocycles. The number of aliphatic hydroxyl groups excluding tert-OH is 2. The van der Waals surface area contributed by atoms with E-state index in [1.807, 2.05) is 96.9 Å². The number of hydrogen-bond donors (Lipinski definition) is 2. The minimum absolute atomic E-state index is 0.0109. The average Bonchev–Trinajstić information content (AvgIpc) is 2.16. The van der Waals surface area contributed by atoms with Crippen molar-refractivity contribution in [1.82, 2.24) is 0 Å². The molecule has 6 aliphatic heterocycles. The first kappa shape index (κ1) is 88.0. The van der Waals surface area contributed by atoms with Crippen molar-refractivity contribution in [2.45, 2.75) is 281 Å². The smallest absolute Gasteiger partial charge is 0.473 e. The van der Waals surface area contributed by atoms with Crippen LogP contribution in [0.3, 0.4) is 0 Å². The Morgan fingerprint density at radius 1 is 0.472 bits per heavy atom. The van der Waals surface area contributed by atoms with Gasteiger partial charge in [0.1, 0.15) is 90.4 Å². The highest BCUT2D eigenvalue weighted by Crippen LogP contribution is 2.61. The molecule has 6 saturated heterocycles. The highest BCUT2D eigenvalue weighted by atomic mass is 32.7. The van der Waals surface area contributed by atoms with E-state index in [2.05, 4.69) is 13.6 Å². The summed E-state index contributed by atoms with van der Waals surface area (Å²) in [5.41, 5.74) is 0. The van der Waals surface area contributed by atoms with E-state index >= 15 is 0 Å². The number of phosphoric acid groups is 1. The van der Waals surface area contributed by atoms with E-state index in [0.717, 1.165) is 11.4 Å². The zero-order valence-corrected chi connectivity index (χ0v) is 60.2. The second kappa shape index (κ2) is 45.5. The maximum Gasteiger partial charge on any atom is 0.473 e. The van der Waals surface area contributed by atoms with Gasteiger partial charge in [-0.15, -0.1) is 0 Å². The topological polar surface area (TPSA) is 273 Å². The SMILES string of the molecule is CC.COP(=O)(OC)OC.[B][C@H]1C[C@@H](O)[C@@H](COC(C)C)O1.[B][C@H]1C[C@@H](OC(C)C)[C@@H](CO)O1.[B][C@H]1C[C@@H](OC(C)C)[C@@H](COP(=O)(O[C@@H]2C[C@H]([B])O[C@@H]2COC(C)C)SC)O1.[B][C@H]1C[C@@H](OC(C)C)[C@@H](COP([O-])(=S)O[C@@H]2C[C@H]([B])O[C@@H]2COC(C)C)O1. The molecule has 0 aromatic rings. The summed E-state index contributed by atoms with van der Waals surface area (Å²) < 4.78 is 126. The third kappa shape index (κ3) is 36.4. The minimum atomic E-state index is -3.77. The molecular formula is C54H104B6O24P3S2-. The van der Waals surface area contributed by atoms with Crippen LogP contribution in [0.1, 0.15) is 135 Å². The Hall–Kier alpha value is 0.970. The highest BCUT2D eigenvalue weighted by Gasteiger charge is 2.43. The van der Waals surface area contributed by atoms with Gasteiger partial charge < -0.3 is 81.0 Å². The van der Waals surface area contributed by atoms with Gasteiger partial charge in [-0.2, -0.15) is 0 Å². The summed E-state index contributed by atoms with van der Waals surface area (Å²) in [7, 11) is 35.1. The Kier molecular flexibility index (Phi) is 45.0. The van der Waals surface area contributed by atoms with Crippen molar-refractivity contribution in [3.63, 3.8) is 0 Å². The van der Waals surface area contributed by atoms with Crippen LogP contribution in [-0.4, -0.2) is 270 Å². The molecule has 0 aromatic carbocycles. The molecule has 20 atom stereocenters. The lowest BCUT2D eigenvalue weighted by molar-refractivity contribution is -0.216. The van der Waals surface area contributed by atoms with Crippen molar-refractivity contribution < 1.29 is 113 Å². The fourth-order valence-corrected chi connectivity index (χ4v) is 13.1. The maximum absolute atomic E-state index is 13.1. The molecule has 6 rings (SSSR count). The Bertz CT molecular complexity index is 1980. The Morgan fingerprint density at radius 3 is 1.07 bits per heavy atom. The van der Waals surface area contributed by atoms with Gasteiger partial charge >= 0.3 is 14.6 Å². The molecule has 2 unspecified atom stereocenters. The summed E-state index contributed by atoms with van der Waals surface area (Å²) >= 11 is 6.08. The van der Waals surface area contributed by atoms with Crippen LogP contribution in [-0.2, 0) is 109 Å². The van der Waals surface area contributed by atoms with Crippen LogP contribution in [0.25, 0.3) is 0 Å². The summed E-state index contributed by atoms with van der Waals surface area (Å²) in [6.07, 6.45) is 0.974. The average molecular weight is 1360 g/mol. The van der Waals surface area contributed by atoms with E-state index in [0.29, 0.717) is 51.7 Å². The molecule has 510 valence electrons. The van der Waals surface area contributed by atoms with Gasteiger partial charge in [0.25, 0.3) is 0 Å². The minimum Gasteiger partial charge on any atom is -0.780 e. The monoisotopic (exact) mass is 1360 g/mol. The summed E-state index contributed by atoms with van der Waals surface area (Å²) in [4.78, 5) is 12.6. The van der Waals surface area contributed by atoms with Crippen molar-refractivity contribution >= 4 is 91.6 Å². The second-order valence-electron chi connectivity index (χ2n) is 22.7. The van der Waals surface area contributed by atoms with Gasteiger partial charge in [-0.05, 0) is 139 Å². The van der Waals surface area contributed by atoms with Crippen LogP contribution >= 0.6 is 32.7 Å². The van der Waals surface area contributed by atoms with Crippen molar-refractivity contribution in [1.29, 1.82) is 0 Å². The van der Waals surface area contributed by atoms with Gasteiger partial charge in [0, 0.05) is 57.3 Å². The van der Waals surface area contributed by atoms with Gasteiger partial charge in [-0.1, -0.05) is 25.7 Å². The molecule has 6 aliphatic rings. The Labute approximate surface area is 550 Å². The van der Waals surface area contributed by atoms with Crippen LogP contribution in [0.5, 0.6) is 0 Å². The van der Waals surface area contributed by atoms with E-state index < -0.39 is 88.1 Å². The van der Waals surface area contributed by atoms with Gasteiger partial charge in [0.2, 0.25) is 0 Å². The molecule has 6 fully saturated rings. The van der Waals surface area contributed by atoms with Gasteiger partial charge in [0.05, 0.1) is 113 Å². The second-order valence-corrected chi connectivity index (χ2v) is 31.6. The molecule has 0 bridgehead atoms. The number of phosphoric ester groups is 1. The van der Waals surface area contributed by atoms with E-state index in [1.54, 1.807) is 6.26 Å². The first-order valence-electron chi connectivity index (χ1n) is 30.5. The van der Waals surface area contributed by atoms with E-state index in [9.17, 15) is 19.1 Å². The third-order valence-corrected chi connectivity index (χ3v) is 19.2. The van der Waals surface area contributed by atoms with Crippen molar-refractivity contribution in [2.75, 3.05) is 67.2 Å². The van der Waals surface area contributed by atoms with Crippen molar-refractivity contribution in [3.05, 3.63) is 0 Å². The predicted octanol–water partition coefficient (Wildman–Crippen LogP) is 5.58. The molecule has 12 radical (unpaired) electrons. The maximum atomic E-state index is 13.1. The van der Waals surface area contributed by atoms with E-state index in [4.69, 9.17) is 139 Å². The lowest BCUT2D eigenvalue weighted by Gasteiger charge is -2.33. The first-order chi connectivity index (χ1) is 41.6. The van der Waals surface area contributed by atoms with Crippen LogP contribution in [0.4, 0.5) is 0 Å². The van der Waals surface area contributed by atoms with Crippen molar-refractivity contribution in [3.8, 4) is 0 Å². The lowest BCUT2D eigenvalue weighted by atomic mass is 9.96. The van der Waals surface area contributed by atoms with Crippen LogP contribution in [0.15, 0.2) is 0 Å². The zero-order valence-electron chi connectivity index (χ0n) is 55.8. The number of ether oxygens (including phenoxy) is 12. The normalized spacial score (nSPS) is 33.2. The molecule has 89 heavy (non-hydrogen) atoms. The lowest BCUT2D eigenvalue weighted by Crippen LogP contribution is -2.33. The molecule has 0 aromatic heterocycles. The summed E-state index contributed by atoms with van der Waals surface area (Å²) in [6, 6.07) is -2.50. The standard InChI is InChI=1S/C17H31B2O7PS.C16H29B2O7PS.2C8H15BO3.C3H9O4P.C2H6/c1-10(2)21-8-14-13(7-17(19)24-14)26-27(20,28-5)22-9-15-12(23-11(3)4)6-16(18)25-15;1-9(2)20-7-13-12(6-16(18)23-13)25-26(19,27)21-8-14-11(22-10(3)4)5-15(17)24-14;1-5(2)11-4-7-6(10)3-8(9)12-7;1-5(2)11-6-3-8(9)12-7(6)4-10;1-5-8(4,6-2)7-3;1-2/h10-17H,6-9H2,1-5H3;9-16H,5-8H2,1-4H3,(H,19,27);2*5-8,10H,3-4H2,1-2H3;1-3H3;1-2H3/p-1/t12-,13-,14-,15-,16-,17-,27?;11-,12-,13-,14-,15-,16-,26?;2*6-,7-,8-;;/m1111../s1. The number of rotatable bonds is 30. The molecule has 0 amide bonds. The Balaban J connectivity index is 0.000000595. The molecule has 2 N–H and O–H groups in total. The fraction of sp³-hybridized carbons (Fsp3) is 1.00. The highest BCUT2D eigenvalue weighted by molar-refractivity contribution is 8.54. The largest absolute Gasteiger partial charge is 0.780 e. The fourth-order valence-electron chi connectivity index (χ4n) is 9.00. The first-order valence-corrected chi connectivity index (χ1v) is 37.9. The quantitative estimate of drug-likeness (QED) is 0.0656. The zero-order chi connectivity index (χ0) is 68.0. The van der Waals surface area contributed by atoms with E-state index in [1.165, 1.54) is 21.3 Å². The molecule has 0 aliphatic carbocycles. The molecule has 35 heteroatoms. The van der Waals surface area contributed by atoms with Gasteiger partial charge in [0.15, 0.2) is 0 Å². The summed E-state index contributed by atoms with van der Waals surface area (Å²) in [5, 5.41) is 18.3. The van der Waals surface area contributed by atoms with Gasteiger partial charge in [-0.3, -0.25) is 22.6 Å².